The van der Waals surface area contributed by atoms with Crippen LogP contribution in [-0.2, 0) is 0 Å². The molecular weight excluding hydrogens is 356 g/mol. The Hall–Kier alpha value is -2.71. The second-order valence-electron chi connectivity index (χ2n) is 7.56. The number of nitrogens with one attached hydrogen (secondary N) is 1. The number of ether oxygens (including phenoxy) is 1. The molecule has 0 bridgehead atoms. The van der Waals surface area contributed by atoms with Gasteiger partial charge in [0, 0.05) is 30.4 Å². The average Bonchev–Trinajstić information content (AvgIpc) is 3.04. The van der Waals surface area contributed by atoms with Gasteiger partial charge in [0.1, 0.15) is 17.9 Å². The molecule has 8 heteroatoms. The SMILES string of the molecule is CC(C)Oc1ccc(N)c(C(=N)c2cc(N3C[C@H](O)[C@@H](N(C)C)C3)ncn2)c1. The normalized spacial score (nSPS) is 19.5. The smallest absolute Gasteiger partial charge is 0.132 e. The highest BCUT2D eigenvalue weighted by atomic mass is 16.5. The van der Waals surface area contributed by atoms with Crippen LogP contribution in [0.4, 0.5) is 11.5 Å². The highest BCUT2D eigenvalue weighted by Crippen LogP contribution is 2.25. The third-order valence-corrected chi connectivity index (χ3v) is 4.82. The topological polar surface area (TPSA) is 112 Å². The molecule has 1 aliphatic heterocycles. The minimum absolute atomic E-state index is 0.0301. The second kappa shape index (κ2) is 8.12. The fraction of sp³-hybridized carbons (Fsp3) is 0.450. The molecule has 8 nitrogen and oxygen atoms in total. The number of anilines is 2. The minimum Gasteiger partial charge on any atom is -0.491 e. The van der Waals surface area contributed by atoms with Crippen LogP contribution in [0.5, 0.6) is 5.75 Å². The van der Waals surface area contributed by atoms with Gasteiger partial charge in [-0.3, -0.25) is 5.41 Å². The number of benzene rings is 1. The molecule has 150 valence electrons. The van der Waals surface area contributed by atoms with Crippen LogP contribution >= 0.6 is 0 Å². The number of nitrogens with zero attached hydrogens (tertiary/aromatic N) is 4. The number of hydrogen-bond donors (Lipinski definition) is 3. The fourth-order valence-electron chi connectivity index (χ4n) is 3.36. The zero-order chi connectivity index (χ0) is 20.4. The van der Waals surface area contributed by atoms with Crippen molar-refractivity contribution in [3.63, 3.8) is 0 Å². The lowest BCUT2D eigenvalue weighted by molar-refractivity contribution is 0.114. The quantitative estimate of drug-likeness (QED) is 0.509. The summed E-state index contributed by atoms with van der Waals surface area (Å²) in [6.45, 7) is 5.05. The van der Waals surface area contributed by atoms with Crippen LogP contribution in [0, 0.1) is 5.41 Å². The van der Waals surface area contributed by atoms with Crippen molar-refractivity contribution in [2.75, 3.05) is 37.8 Å². The largest absolute Gasteiger partial charge is 0.491 e. The highest BCUT2D eigenvalue weighted by molar-refractivity contribution is 6.13. The van der Waals surface area contributed by atoms with Crippen LogP contribution in [0.1, 0.15) is 25.1 Å². The lowest BCUT2D eigenvalue weighted by Crippen LogP contribution is -2.38. The molecule has 0 amide bonds. The number of rotatable bonds is 6. The van der Waals surface area contributed by atoms with Crippen molar-refractivity contribution in [1.29, 1.82) is 5.41 Å². The van der Waals surface area contributed by atoms with E-state index >= 15 is 0 Å². The molecule has 0 aliphatic carbocycles. The maximum Gasteiger partial charge on any atom is 0.132 e. The van der Waals surface area contributed by atoms with Crippen molar-refractivity contribution in [3.05, 3.63) is 41.9 Å². The Morgan fingerprint density at radius 2 is 2.04 bits per heavy atom. The second-order valence-corrected chi connectivity index (χ2v) is 7.56. The van der Waals surface area contributed by atoms with Crippen LogP contribution < -0.4 is 15.4 Å². The van der Waals surface area contributed by atoms with Gasteiger partial charge in [-0.15, -0.1) is 0 Å². The Bertz CT molecular complexity index is 854. The van der Waals surface area contributed by atoms with Crippen molar-refractivity contribution in [2.24, 2.45) is 0 Å². The van der Waals surface area contributed by atoms with E-state index < -0.39 is 6.10 Å². The van der Waals surface area contributed by atoms with E-state index in [0.29, 0.717) is 41.6 Å². The molecule has 2 atom stereocenters. The number of likely N-dealkylation sites (N-methyl/N-ethyl adjacent to an activating group) is 1. The van der Waals surface area contributed by atoms with Gasteiger partial charge in [0.15, 0.2) is 0 Å². The number of nitrogens with two attached hydrogens (primary N) is 1. The lowest BCUT2D eigenvalue weighted by atomic mass is 10.0. The van der Waals surface area contributed by atoms with Gasteiger partial charge < -0.3 is 25.4 Å². The molecule has 0 spiro atoms. The van der Waals surface area contributed by atoms with Crippen LogP contribution in [0.15, 0.2) is 30.6 Å². The standard InChI is InChI=1S/C20H28N6O2/c1-12(2)28-13-5-6-15(21)14(7-13)20(22)16-8-19(24-11-23-16)26-9-17(25(3)4)18(27)10-26/h5-8,11-12,17-18,22,27H,9-10,21H2,1-4H3/t17-,18-/m0/s1. The minimum atomic E-state index is -0.451. The first-order valence-electron chi connectivity index (χ1n) is 9.33. The van der Waals surface area contributed by atoms with Gasteiger partial charge in [-0.25, -0.2) is 9.97 Å². The van der Waals surface area contributed by atoms with Crippen LogP contribution in [0.25, 0.3) is 0 Å². The number of nitrogen functional groups attached to an aromatic ring is 1. The Balaban J connectivity index is 1.85. The van der Waals surface area contributed by atoms with Crippen molar-refractivity contribution in [2.45, 2.75) is 32.1 Å². The van der Waals surface area contributed by atoms with E-state index in [9.17, 15) is 5.11 Å². The summed E-state index contributed by atoms with van der Waals surface area (Å²) >= 11 is 0. The van der Waals surface area contributed by atoms with Gasteiger partial charge in [0.2, 0.25) is 0 Å². The Morgan fingerprint density at radius 3 is 2.68 bits per heavy atom. The number of β-amino-alcohol motifs (C(OH)–C–C–N with tert-alkyl or cyclic N) is 1. The van der Waals surface area contributed by atoms with E-state index in [0.717, 1.165) is 0 Å². The lowest BCUT2D eigenvalue weighted by Gasteiger charge is -2.22. The zero-order valence-corrected chi connectivity index (χ0v) is 16.8. The fourth-order valence-corrected chi connectivity index (χ4v) is 3.36. The van der Waals surface area contributed by atoms with Gasteiger partial charge >= 0.3 is 0 Å². The predicted octanol–water partition coefficient (Wildman–Crippen LogP) is 1.37. The number of aliphatic hydroxyl groups excluding tert-OH is 1. The first-order valence-corrected chi connectivity index (χ1v) is 9.33. The Kier molecular flexibility index (Phi) is 5.81. The molecule has 0 unspecified atom stereocenters. The molecule has 0 radical (unpaired) electrons. The van der Waals surface area contributed by atoms with Crippen LogP contribution in [-0.4, -0.2) is 71.1 Å². The number of aromatic nitrogens is 2. The summed E-state index contributed by atoms with van der Waals surface area (Å²) in [5.74, 6) is 1.35. The van der Waals surface area contributed by atoms with Crippen molar-refractivity contribution >= 4 is 17.2 Å². The highest BCUT2D eigenvalue weighted by Gasteiger charge is 2.33. The van der Waals surface area contributed by atoms with E-state index in [1.807, 2.05) is 37.7 Å². The molecule has 2 aromatic rings. The molecule has 2 heterocycles. The van der Waals surface area contributed by atoms with Gasteiger partial charge in [-0.05, 0) is 46.1 Å². The first kappa shape index (κ1) is 20.0. The predicted molar refractivity (Wildman–Crippen MR) is 110 cm³/mol. The third kappa shape index (κ3) is 4.23. The monoisotopic (exact) mass is 384 g/mol. The summed E-state index contributed by atoms with van der Waals surface area (Å²) in [6.07, 6.45) is 1.02. The van der Waals surface area contributed by atoms with E-state index in [-0.39, 0.29) is 17.9 Å². The van der Waals surface area contributed by atoms with Gasteiger partial charge in [0.25, 0.3) is 0 Å². The Labute approximate surface area is 165 Å². The molecular formula is C20H28N6O2. The summed E-state index contributed by atoms with van der Waals surface area (Å²) in [7, 11) is 3.90. The number of aliphatic hydroxyl groups is 1. The molecule has 4 N–H and O–H groups in total. The summed E-state index contributed by atoms with van der Waals surface area (Å²) in [6, 6.07) is 7.11. The van der Waals surface area contributed by atoms with Crippen LogP contribution in [0.3, 0.4) is 0 Å². The maximum absolute atomic E-state index is 10.3. The third-order valence-electron chi connectivity index (χ3n) is 4.82. The van der Waals surface area contributed by atoms with E-state index in [4.69, 9.17) is 15.9 Å². The van der Waals surface area contributed by atoms with Crippen molar-refractivity contribution in [3.8, 4) is 5.75 Å². The molecule has 3 rings (SSSR count). The van der Waals surface area contributed by atoms with E-state index in [2.05, 4.69) is 9.97 Å². The average molecular weight is 384 g/mol. The summed E-state index contributed by atoms with van der Waals surface area (Å²) in [5, 5.41) is 18.9. The molecule has 1 aromatic carbocycles. The first-order chi connectivity index (χ1) is 13.3. The zero-order valence-electron chi connectivity index (χ0n) is 16.8. The summed E-state index contributed by atoms with van der Waals surface area (Å²) in [5.41, 5.74) is 7.84. The summed E-state index contributed by atoms with van der Waals surface area (Å²) in [4.78, 5) is 12.6. The Morgan fingerprint density at radius 1 is 1.29 bits per heavy atom. The van der Waals surface area contributed by atoms with Gasteiger partial charge in [-0.2, -0.15) is 0 Å². The molecule has 1 aliphatic rings. The van der Waals surface area contributed by atoms with Crippen molar-refractivity contribution in [1.82, 2.24) is 14.9 Å². The van der Waals surface area contributed by atoms with Crippen molar-refractivity contribution < 1.29 is 9.84 Å². The molecule has 0 saturated carbocycles. The molecule has 1 aromatic heterocycles. The summed E-state index contributed by atoms with van der Waals surface area (Å²) < 4.78 is 5.72. The van der Waals surface area contributed by atoms with Gasteiger partial charge in [0.05, 0.1) is 29.7 Å². The molecule has 1 fully saturated rings. The van der Waals surface area contributed by atoms with Gasteiger partial charge in [-0.1, -0.05) is 0 Å². The molecule has 28 heavy (non-hydrogen) atoms. The number of hydrogen-bond acceptors (Lipinski definition) is 8. The van der Waals surface area contributed by atoms with E-state index in [1.165, 1.54) is 6.33 Å². The van der Waals surface area contributed by atoms with Crippen LogP contribution in [0.2, 0.25) is 0 Å². The molecule has 1 saturated heterocycles. The maximum atomic E-state index is 10.3. The van der Waals surface area contributed by atoms with E-state index in [1.54, 1.807) is 24.3 Å².